The molecule has 1 saturated heterocycles. The molecule has 146 valence electrons. The molecule has 2 heterocycles. The Morgan fingerprint density at radius 1 is 1.30 bits per heavy atom. The zero-order chi connectivity index (χ0) is 19.4. The van der Waals surface area contributed by atoms with Crippen LogP contribution in [0.5, 0.6) is 5.75 Å². The number of phenols is 1. The fourth-order valence-corrected chi connectivity index (χ4v) is 3.29. The van der Waals surface area contributed by atoms with E-state index in [2.05, 4.69) is 10.2 Å². The molecule has 2 amide bonds. The molecule has 3 rings (SSSR count). The van der Waals surface area contributed by atoms with E-state index in [0.29, 0.717) is 36.6 Å². The van der Waals surface area contributed by atoms with Crippen LogP contribution in [0.15, 0.2) is 35.5 Å². The summed E-state index contributed by atoms with van der Waals surface area (Å²) in [6, 6.07) is 5.52. The highest BCUT2D eigenvalue weighted by Crippen LogP contribution is 2.32. The van der Waals surface area contributed by atoms with Gasteiger partial charge in [-0.25, -0.2) is 9.59 Å². The first kappa shape index (κ1) is 19.2. The highest BCUT2D eigenvalue weighted by atomic mass is 16.5. The first-order chi connectivity index (χ1) is 13.0. The number of esters is 1. The predicted molar refractivity (Wildman–Crippen MR) is 98.1 cm³/mol. The van der Waals surface area contributed by atoms with Gasteiger partial charge in [0.2, 0.25) is 0 Å². The van der Waals surface area contributed by atoms with E-state index in [9.17, 15) is 14.7 Å². The van der Waals surface area contributed by atoms with E-state index in [1.54, 1.807) is 26.1 Å². The van der Waals surface area contributed by atoms with Crippen molar-refractivity contribution in [3.63, 3.8) is 0 Å². The number of amides is 2. The summed E-state index contributed by atoms with van der Waals surface area (Å²) in [5.74, 6) is -0.334. The highest BCUT2D eigenvalue weighted by Gasteiger charge is 2.37. The van der Waals surface area contributed by atoms with Crippen molar-refractivity contribution in [2.75, 3.05) is 46.5 Å². The molecule has 0 unspecified atom stereocenters. The van der Waals surface area contributed by atoms with Crippen molar-refractivity contribution in [3.05, 3.63) is 41.1 Å². The topological polar surface area (TPSA) is 91.3 Å². The number of carbonyl (C=O) groups excluding carboxylic acids is 2. The van der Waals surface area contributed by atoms with Gasteiger partial charge in [0.25, 0.3) is 0 Å². The lowest BCUT2D eigenvalue weighted by molar-refractivity contribution is -0.139. The molecule has 0 aliphatic carbocycles. The Labute approximate surface area is 158 Å². The average molecular weight is 375 g/mol. The number of carbonyl (C=O) groups is 2. The minimum absolute atomic E-state index is 0.119. The van der Waals surface area contributed by atoms with Crippen LogP contribution < -0.4 is 5.32 Å². The lowest BCUT2D eigenvalue weighted by Crippen LogP contribution is -2.50. The van der Waals surface area contributed by atoms with Crippen molar-refractivity contribution in [1.82, 2.24) is 15.1 Å². The largest absolute Gasteiger partial charge is 0.508 e. The molecule has 1 aromatic rings. The van der Waals surface area contributed by atoms with E-state index in [-0.39, 0.29) is 18.4 Å². The van der Waals surface area contributed by atoms with Crippen molar-refractivity contribution in [3.8, 4) is 5.75 Å². The fourth-order valence-electron chi connectivity index (χ4n) is 3.29. The maximum atomic E-state index is 12.8. The summed E-state index contributed by atoms with van der Waals surface area (Å²) in [6.07, 6.45) is 0. The summed E-state index contributed by atoms with van der Waals surface area (Å²) < 4.78 is 10.7. The Hall–Kier alpha value is -2.58. The molecule has 2 N–H and O–H groups in total. The first-order valence-corrected chi connectivity index (χ1v) is 9.04. The fraction of sp³-hybridized carbons (Fsp3) is 0.474. The molecular formula is C19H25N3O5. The average Bonchev–Trinajstić information content (AvgIpc) is 2.67. The van der Waals surface area contributed by atoms with E-state index in [0.717, 1.165) is 13.1 Å². The van der Waals surface area contributed by atoms with Gasteiger partial charge < -0.3 is 19.9 Å². The Morgan fingerprint density at radius 3 is 2.59 bits per heavy atom. The van der Waals surface area contributed by atoms with E-state index in [1.807, 2.05) is 0 Å². The second-order valence-corrected chi connectivity index (χ2v) is 6.50. The van der Waals surface area contributed by atoms with E-state index >= 15 is 0 Å². The number of hydrogen-bond acceptors (Lipinski definition) is 6. The molecule has 1 atom stereocenters. The third kappa shape index (κ3) is 4.23. The molecule has 8 nitrogen and oxygen atoms in total. The van der Waals surface area contributed by atoms with Crippen LogP contribution in [-0.2, 0) is 14.3 Å². The molecule has 0 aromatic heterocycles. The standard InChI is InChI=1S/C19H25N3O5/c1-3-27-18(24)16-15(12-22-8-10-26-11-9-22)21(2)19(25)20-17(16)13-4-6-14(23)7-5-13/h4-7,17,23H,3,8-12H2,1-2H3,(H,20,25)/t17-/m0/s1. The molecule has 0 radical (unpaired) electrons. The molecule has 1 aromatic carbocycles. The number of nitrogens with zero attached hydrogens (tertiary/aromatic N) is 2. The molecule has 27 heavy (non-hydrogen) atoms. The first-order valence-electron chi connectivity index (χ1n) is 9.04. The number of aromatic hydroxyl groups is 1. The molecule has 2 aliphatic rings. The molecule has 0 saturated carbocycles. The molecule has 1 fully saturated rings. The minimum atomic E-state index is -0.635. The maximum Gasteiger partial charge on any atom is 0.338 e. The van der Waals surface area contributed by atoms with Crippen LogP contribution in [0.4, 0.5) is 4.79 Å². The van der Waals surface area contributed by atoms with Crippen LogP contribution in [0, 0.1) is 0 Å². The zero-order valence-electron chi connectivity index (χ0n) is 15.6. The van der Waals surface area contributed by atoms with Crippen LogP contribution in [-0.4, -0.2) is 73.4 Å². The van der Waals surface area contributed by atoms with E-state index in [4.69, 9.17) is 9.47 Å². The van der Waals surface area contributed by atoms with Crippen LogP contribution >= 0.6 is 0 Å². The van der Waals surface area contributed by atoms with Gasteiger partial charge in [-0.15, -0.1) is 0 Å². The smallest absolute Gasteiger partial charge is 0.338 e. The third-order valence-electron chi connectivity index (χ3n) is 4.78. The van der Waals surface area contributed by atoms with Gasteiger partial charge in [-0.3, -0.25) is 9.80 Å². The number of nitrogens with one attached hydrogen (secondary N) is 1. The Balaban J connectivity index is 2.03. The number of benzene rings is 1. The lowest BCUT2D eigenvalue weighted by Gasteiger charge is -2.37. The van der Waals surface area contributed by atoms with Gasteiger partial charge >= 0.3 is 12.0 Å². The van der Waals surface area contributed by atoms with Gasteiger partial charge in [0.15, 0.2) is 0 Å². The van der Waals surface area contributed by atoms with Crippen molar-refractivity contribution < 1.29 is 24.2 Å². The number of phenolic OH excluding ortho intramolecular Hbond substituents is 1. The van der Waals surface area contributed by atoms with Gasteiger partial charge in [-0.1, -0.05) is 12.1 Å². The van der Waals surface area contributed by atoms with Crippen LogP contribution in [0.25, 0.3) is 0 Å². The summed E-state index contributed by atoms with van der Waals surface area (Å²) in [4.78, 5) is 29.0. The summed E-state index contributed by atoms with van der Waals surface area (Å²) in [5, 5.41) is 12.4. The van der Waals surface area contributed by atoms with Gasteiger partial charge in [-0.05, 0) is 24.6 Å². The summed E-state index contributed by atoms with van der Waals surface area (Å²) >= 11 is 0. The molecule has 0 spiro atoms. The van der Waals surface area contributed by atoms with Crippen LogP contribution in [0.3, 0.4) is 0 Å². The van der Waals surface area contributed by atoms with Crippen molar-refractivity contribution in [1.29, 1.82) is 0 Å². The quantitative estimate of drug-likeness (QED) is 0.753. The van der Waals surface area contributed by atoms with Crippen LogP contribution in [0.1, 0.15) is 18.5 Å². The van der Waals surface area contributed by atoms with E-state index in [1.165, 1.54) is 17.0 Å². The van der Waals surface area contributed by atoms with Gasteiger partial charge in [0.1, 0.15) is 5.75 Å². The third-order valence-corrected chi connectivity index (χ3v) is 4.78. The number of morpholine rings is 1. The molecule has 0 bridgehead atoms. The zero-order valence-corrected chi connectivity index (χ0v) is 15.6. The Morgan fingerprint density at radius 2 is 1.96 bits per heavy atom. The minimum Gasteiger partial charge on any atom is -0.508 e. The second-order valence-electron chi connectivity index (χ2n) is 6.50. The highest BCUT2D eigenvalue weighted by molar-refractivity contribution is 5.95. The van der Waals surface area contributed by atoms with E-state index < -0.39 is 12.0 Å². The number of urea groups is 1. The van der Waals surface area contributed by atoms with Gasteiger partial charge in [0.05, 0.1) is 31.4 Å². The van der Waals surface area contributed by atoms with Gasteiger partial charge in [-0.2, -0.15) is 0 Å². The summed E-state index contributed by atoms with van der Waals surface area (Å²) in [6.45, 7) is 5.17. The number of ether oxygens (including phenoxy) is 2. The number of hydrogen-bond donors (Lipinski definition) is 2. The van der Waals surface area contributed by atoms with Crippen molar-refractivity contribution >= 4 is 12.0 Å². The Bertz CT molecular complexity index is 725. The molecule has 8 heteroatoms. The van der Waals surface area contributed by atoms with Crippen molar-refractivity contribution in [2.24, 2.45) is 0 Å². The van der Waals surface area contributed by atoms with Crippen LogP contribution in [0.2, 0.25) is 0 Å². The lowest BCUT2D eigenvalue weighted by atomic mass is 9.94. The predicted octanol–water partition coefficient (Wildman–Crippen LogP) is 1.24. The maximum absolute atomic E-state index is 12.8. The monoisotopic (exact) mass is 375 g/mol. The Kier molecular flexibility index (Phi) is 5.98. The molecular weight excluding hydrogens is 350 g/mol. The number of likely N-dealkylation sites (N-methyl/N-ethyl adjacent to an activating group) is 1. The second kappa shape index (κ2) is 8.41. The molecule has 2 aliphatic heterocycles. The summed E-state index contributed by atoms with van der Waals surface area (Å²) in [7, 11) is 1.65. The number of rotatable bonds is 5. The SMILES string of the molecule is CCOC(=O)C1=C(CN2CCOCC2)N(C)C(=O)N[C@H]1c1ccc(O)cc1. The van der Waals surface area contributed by atoms with Crippen molar-refractivity contribution in [2.45, 2.75) is 13.0 Å². The van der Waals surface area contributed by atoms with Gasteiger partial charge in [0, 0.05) is 32.4 Å². The normalized spacial score (nSPS) is 21.2. The summed E-state index contributed by atoms with van der Waals surface area (Å²) in [5.41, 5.74) is 1.74.